The number of thiazole rings is 1. The Morgan fingerprint density at radius 3 is 2.86 bits per heavy atom. The number of carbonyl (C=O) groups excluding carboxylic acids is 1. The van der Waals surface area contributed by atoms with Gasteiger partial charge in [-0.2, -0.15) is 13.2 Å². The molecule has 29 heavy (non-hydrogen) atoms. The molecule has 1 fully saturated rings. The zero-order valence-corrected chi connectivity index (χ0v) is 16.6. The number of nitrogens with one attached hydrogen (secondary N) is 1. The summed E-state index contributed by atoms with van der Waals surface area (Å²) in [5.74, 6) is -0.557. The Morgan fingerprint density at radius 1 is 1.24 bits per heavy atom. The largest absolute Gasteiger partial charge is 0.416 e. The number of hydrogen-bond donors (Lipinski definition) is 1. The number of amides is 1. The van der Waals surface area contributed by atoms with Crippen LogP contribution in [-0.2, 0) is 11.0 Å². The highest BCUT2D eigenvalue weighted by Gasteiger charge is 2.31. The molecule has 8 heteroatoms. The number of alkyl halides is 3. The average molecular weight is 419 g/mol. The Morgan fingerprint density at radius 2 is 2.07 bits per heavy atom. The van der Waals surface area contributed by atoms with Gasteiger partial charge in [-0.1, -0.05) is 23.5 Å². The molecule has 1 amide bonds. The molecule has 1 aliphatic heterocycles. The summed E-state index contributed by atoms with van der Waals surface area (Å²) in [5.41, 5.74) is 1.50. The van der Waals surface area contributed by atoms with E-state index in [1.165, 1.54) is 17.7 Å². The maximum Gasteiger partial charge on any atom is 0.416 e. The predicted octanol–water partition coefficient (Wildman–Crippen LogP) is 5.48. The lowest BCUT2D eigenvalue weighted by molar-refractivity contribution is -0.137. The van der Waals surface area contributed by atoms with E-state index in [-0.39, 0.29) is 17.5 Å². The van der Waals surface area contributed by atoms with Crippen molar-refractivity contribution in [3.8, 4) is 0 Å². The van der Waals surface area contributed by atoms with Gasteiger partial charge in [0.15, 0.2) is 5.13 Å². The van der Waals surface area contributed by atoms with Gasteiger partial charge in [-0.3, -0.25) is 4.79 Å². The molecule has 2 heterocycles. The first-order valence-corrected chi connectivity index (χ1v) is 10.2. The van der Waals surface area contributed by atoms with Crippen molar-refractivity contribution in [3.05, 3.63) is 53.6 Å². The normalized spacial score (nSPS) is 17.5. The maximum absolute atomic E-state index is 12.9. The molecule has 0 bridgehead atoms. The van der Waals surface area contributed by atoms with Crippen molar-refractivity contribution in [2.75, 3.05) is 23.3 Å². The molecule has 4 rings (SSSR count). The van der Waals surface area contributed by atoms with E-state index in [2.05, 4.69) is 21.3 Å². The quantitative estimate of drug-likeness (QED) is 0.612. The standard InChI is InChI=1S/C21H20F3N3OS/c1-13-7-8-17-18(10-13)29-20(26-17)27-9-3-4-14(12-27)19(28)25-16-6-2-5-15(11-16)21(22,23)24/h2,5-8,10-11,14H,3-4,9,12H2,1H3,(H,25,28). The number of piperidine rings is 1. The second-order valence-corrected chi connectivity index (χ2v) is 8.33. The first kappa shape index (κ1) is 19.7. The van der Waals surface area contributed by atoms with Crippen molar-refractivity contribution >= 4 is 38.3 Å². The third-order valence-corrected chi connectivity index (χ3v) is 6.13. The molecule has 0 spiro atoms. The first-order chi connectivity index (χ1) is 13.8. The fraction of sp³-hybridized carbons (Fsp3) is 0.333. The molecule has 4 nitrogen and oxygen atoms in total. The second-order valence-electron chi connectivity index (χ2n) is 7.32. The summed E-state index contributed by atoms with van der Waals surface area (Å²) in [4.78, 5) is 19.5. The molecular weight excluding hydrogens is 399 g/mol. The van der Waals surface area contributed by atoms with Gasteiger partial charge in [-0.15, -0.1) is 0 Å². The van der Waals surface area contributed by atoms with Crippen LogP contribution >= 0.6 is 11.3 Å². The topological polar surface area (TPSA) is 45.2 Å². The highest BCUT2D eigenvalue weighted by Crippen LogP contribution is 2.33. The summed E-state index contributed by atoms with van der Waals surface area (Å²) in [7, 11) is 0. The zero-order valence-electron chi connectivity index (χ0n) is 15.8. The number of fused-ring (bicyclic) bond motifs is 1. The van der Waals surface area contributed by atoms with Gasteiger partial charge < -0.3 is 10.2 Å². The van der Waals surface area contributed by atoms with Gasteiger partial charge in [-0.25, -0.2) is 4.98 Å². The number of nitrogens with zero attached hydrogens (tertiary/aromatic N) is 2. The molecule has 1 atom stereocenters. The molecule has 152 valence electrons. The SMILES string of the molecule is Cc1ccc2nc(N3CCCC(C(=O)Nc4cccc(C(F)(F)F)c4)C3)sc2c1. The molecule has 0 aliphatic carbocycles. The fourth-order valence-electron chi connectivity index (χ4n) is 3.54. The van der Waals surface area contributed by atoms with Crippen LogP contribution in [0.4, 0.5) is 24.0 Å². The fourth-order valence-corrected chi connectivity index (χ4v) is 4.64. The van der Waals surface area contributed by atoms with Crippen LogP contribution in [0, 0.1) is 12.8 Å². The third kappa shape index (κ3) is 4.37. The van der Waals surface area contributed by atoms with E-state index in [4.69, 9.17) is 0 Å². The maximum atomic E-state index is 12.9. The van der Waals surface area contributed by atoms with E-state index >= 15 is 0 Å². The number of aromatic nitrogens is 1. The highest BCUT2D eigenvalue weighted by atomic mass is 32.1. The summed E-state index contributed by atoms with van der Waals surface area (Å²) >= 11 is 1.60. The number of benzene rings is 2. The Balaban J connectivity index is 1.47. The third-order valence-electron chi connectivity index (χ3n) is 5.05. The molecular formula is C21H20F3N3OS. The molecule has 0 saturated carbocycles. The summed E-state index contributed by atoms with van der Waals surface area (Å²) in [5, 5.41) is 3.52. The molecule has 1 N–H and O–H groups in total. The van der Waals surface area contributed by atoms with Gasteiger partial charge in [0.2, 0.25) is 5.91 Å². The van der Waals surface area contributed by atoms with Gasteiger partial charge in [0.1, 0.15) is 0 Å². The average Bonchev–Trinajstić information content (AvgIpc) is 3.11. The molecule has 1 aliphatic rings. The van der Waals surface area contributed by atoms with Gasteiger partial charge in [0.25, 0.3) is 0 Å². The van der Waals surface area contributed by atoms with Crippen LogP contribution in [0.15, 0.2) is 42.5 Å². The smallest absolute Gasteiger partial charge is 0.347 e. The molecule has 1 aromatic heterocycles. The van der Waals surface area contributed by atoms with Gasteiger partial charge >= 0.3 is 6.18 Å². The Labute approximate surface area is 170 Å². The number of aryl methyl sites for hydroxylation is 1. The van der Waals surface area contributed by atoms with Crippen molar-refractivity contribution in [2.24, 2.45) is 5.92 Å². The summed E-state index contributed by atoms with van der Waals surface area (Å²) in [6.45, 7) is 3.35. The van der Waals surface area contributed by atoms with Gasteiger partial charge in [-0.05, 0) is 55.7 Å². The van der Waals surface area contributed by atoms with Crippen molar-refractivity contribution < 1.29 is 18.0 Å². The summed E-state index contributed by atoms with van der Waals surface area (Å²) < 4.78 is 39.8. The van der Waals surface area contributed by atoms with Crippen molar-refractivity contribution in [1.82, 2.24) is 4.98 Å². The zero-order chi connectivity index (χ0) is 20.6. The molecule has 3 aromatic rings. The minimum absolute atomic E-state index is 0.164. The first-order valence-electron chi connectivity index (χ1n) is 9.40. The second kappa shape index (κ2) is 7.67. The van der Waals surface area contributed by atoms with Crippen LogP contribution in [0.5, 0.6) is 0 Å². The lowest BCUT2D eigenvalue weighted by Gasteiger charge is -2.31. The predicted molar refractivity (Wildman–Crippen MR) is 109 cm³/mol. The van der Waals surface area contributed by atoms with E-state index < -0.39 is 11.7 Å². The lowest BCUT2D eigenvalue weighted by atomic mass is 9.97. The lowest BCUT2D eigenvalue weighted by Crippen LogP contribution is -2.40. The Kier molecular flexibility index (Phi) is 5.21. The molecule has 1 saturated heterocycles. The summed E-state index contributed by atoms with van der Waals surface area (Å²) in [6.07, 6.45) is -2.91. The van der Waals surface area contributed by atoms with Crippen molar-refractivity contribution in [2.45, 2.75) is 25.9 Å². The van der Waals surface area contributed by atoms with Crippen LogP contribution in [0.3, 0.4) is 0 Å². The molecule has 2 aromatic carbocycles. The van der Waals surface area contributed by atoms with E-state index in [1.54, 1.807) is 11.3 Å². The highest BCUT2D eigenvalue weighted by molar-refractivity contribution is 7.22. The van der Waals surface area contributed by atoms with Crippen LogP contribution in [-0.4, -0.2) is 24.0 Å². The molecule has 1 unspecified atom stereocenters. The minimum atomic E-state index is -4.44. The minimum Gasteiger partial charge on any atom is -0.347 e. The number of halogens is 3. The van der Waals surface area contributed by atoms with Crippen molar-refractivity contribution in [3.63, 3.8) is 0 Å². The number of hydrogen-bond acceptors (Lipinski definition) is 4. The van der Waals surface area contributed by atoms with Crippen LogP contribution in [0.2, 0.25) is 0 Å². The van der Waals surface area contributed by atoms with Crippen LogP contribution in [0.1, 0.15) is 24.0 Å². The van der Waals surface area contributed by atoms with E-state index in [0.29, 0.717) is 13.0 Å². The number of rotatable bonds is 3. The van der Waals surface area contributed by atoms with Crippen LogP contribution < -0.4 is 10.2 Å². The Hall–Kier alpha value is -2.61. The van der Waals surface area contributed by atoms with E-state index in [1.807, 2.05) is 19.1 Å². The molecule has 0 radical (unpaired) electrons. The van der Waals surface area contributed by atoms with Crippen molar-refractivity contribution in [1.29, 1.82) is 0 Å². The van der Waals surface area contributed by atoms with E-state index in [9.17, 15) is 18.0 Å². The number of anilines is 2. The van der Waals surface area contributed by atoms with E-state index in [0.717, 1.165) is 40.4 Å². The Bertz CT molecular complexity index is 1050. The monoisotopic (exact) mass is 419 g/mol. The van der Waals surface area contributed by atoms with Crippen LogP contribution in [0.25, 0.3) is 10.2 Å². The van der Waals surface area contributed by atoms with Gasteiger partial charge in [0.05, 0.1) is 21.7 Å². The summed E-state index contributed by atoms with van der Waals surface area (Å²) in [6, 6.07) is 10.8. The van der Waals surface area contributed by atoms with Gasteiger partial charge in [0, 0.05) is 18.8 Å². The number of carbonyl (C=O) groups is 1.